The van der Waals surface area contributed by atoms with Gasteiger partial charge in [0.1, 0.15) is 5.92 Å². The van der Waals surface area contributed by atoms with E-state index in [2.05, 4.69) is 5.32 Å². The van der Waals surface area contributed by atoms with Gasteiger partial charge in [0.25, 0.3) is 5.91 Å². The highest BCUT2D eigenvalue weighted by Crippen LogP contribution is 2.26. The lowest BCUT2D eigenvalue weighted by Gasteiger charge is -2.17. The molecule has 0 aliphatic heterocycles. The molecule has 0 radical (unpaired) electrons. The number of benzene rings is 3. The van der Waals surface area contributed by atoms with Gasteiger partial charge in [0.15, 0.2) is 6.61 Å². The van der Waals surface area contributed by atoms with Crippen LogP contribution >= 0.6 is 0 Å². The Balaban J connectivity index is 1.64. The molecule has 3 aromatic carbocycles. The Morgan fingerprint density at radius 1 is 0.828 bits per heavy atom. The first-order valence-electron chi connectivity index (χ1n) is 9.38. The van der Waals surface area contributed by atoms with Crippen LogP contribution in [0.2, 0.25) is 0 Å². The quantitative estimate of drug-likeness (QED) is 0.620. The molecule has 0 aliphatic carbocycles. The van der Waals surface area contributed by atoms with Gasteiger partial charge in [0.2, 0.25) is 0 Å². The van der Waals surface area contributed by atoms with Crippen molar-refractivity contribution in [2.45, 2.75) is 5.92 Å². The molecule has 0 saturated carbocycles. The summed E-state index contributed by atoms with van der Waals surface area (Å²) < 4.78 is 5.35. The second kappa shape index (κ2) is 9.55. The Kier molecular flexibility index (Phi) is 6.63. The smallest absolute Gasteiger partial charge is 0.318 e. The zero-order valence-electron chi connectivity index (χ0n) is 16.5. The van der Waals surface area contributed by atoms with E-state index in [0.717, 1.165) is 16.8 Å². The minimum atomic E-state index is -0.579. The van der Waals surface area contributed by atoms with Crippen LogP contribution in [0.5, 0.6) is 0 Å². The van der Waals surface area contributed by atoms with Crippen molar-refractivity contribution in [1.29, 1.82) is 0 Å². The van der Waals surface area contributed by atoms with E-state index in [9.17, 15) is 9.59 Å². The third kappa shape index (κ3) is 5.45. The number of carbonyl (C=O) groups is 2. The summed E-state index contributed by atoms with van der Waals surface area (Å²) >= 11 is 0. The lowest BCUT2D eigenvalue weighted by Crippen LogP contribution is -2.24. The number of esters is 1. The molecule has 0 fully saturated rings. The van der Waals surface area contributed by atoms with Gasteiger partial charge in [0, 0.05) is 25.5 Å². The molecule has 3 rings (SSSR count). The first kappa shape index (κ1) is 20.1. The molecule has 0 spiro atoms. The zero-order valence-corrected chi connectivity index (χ0v) is 16.5. The average Bonchev–Trinajstić information content (AvgIpc) is 2.74. The lowest BCUT2D eigenvalue weighted by molar-refractivity contribution is -0.147. The zero-order chi connectivity index (χ0) is 20.6. The van der Waals surface area contributed by atoms with Crippen LogP contribution in [0.3, 0.4) is 0 Å². The van der Waals surface area contributed by atoms with E-state index in [1.54, 1.807) is 0 Å². The van der Waals surface area contributed by atoms with Crippen molar-refractivity contribution in [2.75, 3.05) is 30.9 Å². The normalized spacial score (nSPS) is 10.4. The van der Waals surface area contributed by atoms with E-state index in [1.807, 2.05) is 104 Å². The number of anilines is 2. The van der Waals surface area contributed by atoms with Crippen molar-refractivity contribution >= 4 is 23.3 Å². The Morgan fingerprint density at radius 3 is 1.83 bits per heavy atom. The maximum Gasteiger partial charge on any atom is 0.318 e. The van der Waals surface area contributed by atoms with Crippen LogP contribution in [0.4, 0.5) is 11.4 Å². The molecule has 29 heavy (non-hydrogen) atoms. The maximum absolute atomic E-state index is 12.8. The molecule has 1 N–H and O–H groups in total. The molecule has 5 nitrogen and oxygen atoms in total. The molecule has 148 valence electrons. The largest absolute Gasteiger partial charge is 0.455 e. The lowest BCUT2D eigenvalue weighted by atomic mass is 9.91. The van der Waals surface area contributed by atoms with Crippen molar-refractivity contribution in [3.63, 3.8) is 0 Å². The van der Waals surface area contributed by atoms with Crippen molar-refractivity contribution in [3.8, 4) is 0 Å². The standard InChI is InChI=1S/C24H24N2O3/c1-26(2)21-15-13-20(14-16-21)25-22(27)17-29-24(28)23(18-9-5-3-6-10-18)19-11-7-4-8-12-19/h3-16,23H,17H2,1-2H3,(H,25,27). The molecule has 0 bridgehead atoms. The summed E-state index contributed by atoms with van der Waals surface area (Å²) in [5, 5.41) is 2.75. The van der Waals surface area contributed by atoms with E-state index < -0.39 is 11.9 Å². The molecular formula is C24H24N2O3. The summed E-state index contributed by atoms with van der Waals surface area (Å²) in [6.45, 7) is -0.343. The minimum Gasteiger partial charge on any atom is -0.455 e. The number of nitrogens with one attached hydrogen (secondary N) is 1. The molecule has 0 saturated heterocycles. The summed E-state index contributed by atoms with van der Waals surface area (Å²) in [4.78, 5) is 27.0. The number of hydrogen-bond donors (Lipinski definition) is 1. The van der Waals surface area contributed by atoms with Crippen LogP contribution in [0.1, 0.15) is 17.0 Å². The predicted molar refractivity (Wildman–Crippen MR) is 115 cm³/mol. The summed E-state index contributed by atoms with van der Waals surface area (Å²) in [7, 11) is 3.89. The highest BCUT2D eigenvalue weighted by atomic mass is 16.5. The molecule has 3 aromatic rings. The number of rotatable bonds is 7. The molecule has 1 amide bonds. The van der Waals surface area contributed by atoms with Gasteiger partial charge in [0.05, 0.1) is 0 Å². The van der Waals surface area contributed by atoms with Crippen LogP contribution in [0, 0.1) is 0 Å². The van der Waals surface area contributed by atoms with Crippen LogP contribution in [-0.2, 0) is 14.3 Å². The van der Waals surface area contributed by atoms with Gasteiger partial charge < -0.3 is 15.0 Å². The number of hydrogen-bond acceptors (Lipinski definition) is 4. The van der Waals surface area contributed by atoms with Crippen LogP contribution in [-0.4, -0.2) is 32.6 Å². The predicted octanol–water partition coefficient (Wildman–Crippen LogP) is 4.07. The third-order valence-electron chi connectivity index (χ3n) is 4.51. The average molecular weight is 388 g/mol. The molecule has 0 aromatic heterocycles. The van der Waals surface area contributed by atoms with Gasteiger partial charge in [-0.05, 0) is 35.4 Å². The third-order valence-corrected chi connectivity index (χ3v) is 4.51. The van der Waals surface area contributed by atoms with Crippen molar-refractivity contribution in [2.24, 2.45) is 0 Å². The minimum absolute atomic E-state index is 0.343. The Bertz CT molecular complexity index is 899. The van der Waals surface area contributed by atoms with Gasteiger partial charge >= 0.3 is 5.97 Å². The molecule has 0 heterocycles. The summed E-state index contributed by atoms with van der Waals surface area (Å²) in [6.07, 6.45) is 0. The Morgan fingerprint density at radius 2 is 1.34 bits per heavy atom. The molecular weight excluding hydrogens is 364 g/mol. The van der Waals surface area contributed by atoms with Gasteiger partial charge in [-0.1, -0.05) is 60.7 Å². The molecule has 5 heteroatoms. The SMILES string of the molecule is CN(C)c1ccc(NC(=O)COC(=O)C(c2ccccc2)c2ccccc2)cc1. The highest BCUT2D eigenvalue weighted by molar-refractivity contribution is 5.93. The number of nitrogens with zero attached hydrogens (tertiary/aromatic N) is 1. The van der Waals surface area contributed by atoms with Crippen LogP contribution in [0.15, 0.2) is 84.9 Å². The summed E-state index contributed by atoms with van der Waals surface area (Å²) in [6, 6.07) is 26.3. The fraction of sp³-hybridized carbons (Fsp3) is 0.167. The van der Waals surface area contributed by atoms with Gasteiger partial charge in [-0.25, -0.2) is 0 Å². The van der Waals surface area contributed by atoms with E-state index >= 15 is 0 Å². The molecule has 0 aliphatic rings. The van der Waals surface area contributed by atoms with Crippen molar-refractivity contribution in [1.82, 2.24) is 0 Å². The van der Waals surface area contributed by atoms with E-state index in [0.29, 0.717) is 5.69 Å². The van der Waals surface area contributed by atoms with Gasteiger partial charge in [-0.15, -0.1) is 0 Å². The second-order valence-corrected chi connectivity index (χ2v) is 6.85. The van der Waals surface area contributed by atoms with Gasteiger partial charge in [-0.3, -0.25) is 9.59 Å². The fourth-order valence-corrected chi connectivity index (χ4v) is 3.02. The van der Waals surface area contributed by atoms with Crippen LogP contribution < -0.4 is 10.2 Å². The van der Waals surface area contributed by atoms with Gasteiger partial charge in [-0.2, -0.15) is 0 Å². The van der Waals surface area contributed by atoms with Crippen molar-refractivity contribution < 1.29 is 14.3 Å². The van der Waals surface area contributed by atoms with E-state index in [1.165, 1.54) is 0 Å². The first-order valence-corrected chi connectivity index (χ1v) is 9.38. The van der Waals surface area contributed by atoms with E-state index in [-0.39, 0.29) is 12.5 Å². The Labute approximate surface area is 170 Å². The van der Waals surface area contributed by atoms with Crippen LogP contribution in [0.25, 0.3) is 0 Å². The van der Waals surface area contributed by atoms with Crippen molar-refractivity contribution in [3.05, 3.63) is 96.1 Å². The number of ether oxygens (including phenoxy) is 1. The number of amides is 1. The molecule has 0 unspecified atom stereocenters. The van der Waals surface area contributed by atoms with E-state index in [4.69, 9.17) is 4.74 Å². The Hall–Kier alpha value is -3.60. The topological polar surface area (TPSA) is 58.6 Å². The maximum atomic E-state index is 12.8. The highest BCUT2D eigenvalue weighted by Gasteiger charge is 2.24. The second-order valence-electron chi connectivity index (χ2n) is 6.85. The summed E-state index contributed by atoms with van der Waals surface area (Å²) in [5.41, 5.74) is 3.33. The first-order chi connectivity index (χ1) is 14.0. The fourth-order valence-electron chi connectivity index (χ4n) is 3.02. The monoisotopic (exact) mass is 388 g/mol. The molecule has 0 atom stereocenters. The summed E-state index contributed by atoms with van der Waals surface area (Å²) in [5.74, 6) is -1.42. The number of carbonyl (C=O) groups excluding carboxylic acids is 2.